The average molecular weight is 405 g/mol. The maximum absolute atomic E-state index is 13.0. The van der Waals surface area contributed by atoms with Crippen molar-refractivity contribution in [2.75, 3.05) is 37.7 Å². The Morgan fingerprint density at radius 3 is 2.47 bits per heavy atom. The van der Waals surface area contributed by atoms with E-state index >= 15 is 0 Å². The van der Waals surface area contributed by atoms with Gasteiger partial charge in [-0.15, -0.1) is 0 Å². The highest BCUT2D eigenvalue weighted by Gasteiger charge is 2.30. The Labute approximate surface area is 177 Å². The molecule has 0 spiro atoms. The predicted molar refractivity (Wildman–Crippen MR) is 119 cm³/mol. The first-order valence-corrected chi connectivity index (χ1v) is 10.6. The third-order valence-electron chi connectivity index (χ3n) is 5.74. The topological polar surface area (TPSA) is 56.2 Å². The Kier molecular flexibility index (Phi) is 6.23. The van der Waals surface area contributed by atoms with E-state index in [1.54, 1.807) is 0 Å². The molecule has 2 aromatic rings. The Hall–Kier alpha value is -2.99. The van der Waals surface area contributed by atoms with Crippen LogP contribution in [-0.2, 0) is 16.0 Å². The molecule has 0 aromatic heterocycles. The quantitative estimate of drug-likeness (QED) is 0.770. The van der Waals surface area contributed by atoms with E-state index < -0.39 is 0 Å². The molecule has 156 valence electrons. The van der Waals surface area contributed by atoms with Gasteiger partial charge in [0.05, 0.1) is 5.69 Å². The number of benzene rings is 2. The number of amides is 2. The highest BCUT2D eigenvalue weighted by atomic mass is 16.2. The lowest BCUT2D eigenvalue weighted by Crippen LogP contribution is -2.51. The van der Waals surface area contributed by atoms with E-state index in [1.165, 1.54) is 10.6 Å². The third kappa shape index (κ3) is 4.76. The number of carbonyl (C=O) groups is 2. The monoisotopic (exact) mass is 404 g/mol. The van der Waals surface area contributed by atoms with Crippen LogP contribution in [0.1, 0.15) is 24.0 Å². The number of aryl methyl sites for hydroxylation is 1. The second-order valence-corrected chi connectivity index (χ2v) is 7.96. The summed E-state index contributed by atoms with van der Waals surface area (Å²) in [6, 6.07) is 18.1. The molecule has 2 aliphatic heterocycles. The number of hydrogen-bond acceptors (Lipinski definition) is 4. The molecule has 0 aliphatic carbocycles. The van der Waals surface area contributed by atoms with Gasteiger partial charge in [-0.1, -0.05) is 42.5 Å². The van der Waals surface area contributed by atoms with E-state index in [-0.39, 0.29) is 11.8 Å². The van der Waals surface area contributed by atoms with E-state index in [0.717, 1.165) is 37.3 Å². The van der Waals surface area contributed by atoms with Gasteiger partial charge in [-0.3, -0.25) is 14.5 Å². The fraction of sp³-hybridized carbons (Fsp3) is 0.375. The molecule has 6 heteroatoms. The molecule has 0 radical (unpaired) electrons. The van der Waals surface area contributed by atoms with Crippen molar-refractivity contribution in [2.45, 2.75) is 26.2 Å². The molecule has 30 heavy (non-hydrogen) atoms. The molecule has 2 heterocycles. The van der Waals surface area contributed by atoms with Crippen LogP contribution in [0.3, 0.4) is 0 Å². The highest BCUT2D eigenvalue weighted by molar-refractivity contribution is 6.40. The molecule has 0 atom stereocenters. The molecule has 1 saturated heterocycles. The molecule has 0 saturated carbocycles. The number of hydrogen-bond donors (Lipinski definition) is 0. The van der Waals surface area contributed by atoms with E-state index in [4.69, 9.17) is 0 Å². The summed E-state index contributed by atoms with van der Waals surface area (Å²) >= 11 is 0. The molecule has 6 nitrogen and oxygen atoms in total. The molecule has 4 rings (SSSR count). The van der Waals surface area contributed by atoms with Crippen LogP contribution in [0.2, 0.25) is 0 Å². The number of carbonyl (C=O) groups excluding carboxylic acids is 2. The van der Waals surface area contributed by atoms with Gasteiger partial charge in [-0.05, 0) is 36.6 Å². The first kappa shape index (κ1) is 20.3. The SMILES string of the molecule is Cc1cccc(N2N=C(C(=O)N3CCN(CCc4ccccc4)CC3)CCC2=O)c1. The Morgan fingerprint density at radius 2 is 1.73 bits per heavy atom. The number of rotatable bonds is 5. The first-order chi connectivity index (χ1) is 14.6. The fourth-order valence-corrected chi connectivity index (χ4v) is 3.96. The van der Waals surface area contributed by atoms with E-state index in [0.29, 0.717) is 31.6 Å². The second kappa shape index (κ2) is 9.22. The average Bonchev–Trinajstić information content (AvgIpc) is 2.78. The van der Waals surface area contributed by atoms with Crippen LogP contribution in [0.25, 0.3) is 0 Å². The van der Waals surface area contributed by atoms with Gasteiger partial charge in [0.15, 0.2) is 0 Å². The number of hydrazone groups is 1. The molecule has 0 N–H and O–H groups in total. The molecule has 1 fully saturated rings. The zero-order chi connectivity index (χ0) is 20.9. The summed E-state index contributed by atoms with van der Waals surface area (Å²) in [7, 11) is 0. The summed E-state index contributed by atoms with van der Waals surface area (Å²) in [5.41, 5.74) is 3.60. The molecule has 0 unspecified atom stereocenters. The van der Waals surface area contributed by atoms with Crippen molar-refractivity contribution >= 4 is 23.2 Å². The fourth-order valence-electron chi connectivity index (χ4n) is 3.96. The minimum absolute atomic E-state index is 0.0390. The summed E-state index contributed by atoms with van der Waals surface area (Å²) in [6.07, 6.45) is 1.75. The van der Waals surface area contributed by atoms with Crippen LogP contribution in [0.4, 0.5) is 5.69 Å². The van der Waals surface area contributed by atoms with Gasteiger partial charge in [0, 0.05) is 45.6 Å². The molecular formula is C24H28N4O2. The van der Waals surface area contributed by atoms with Crippen LogP contribution in [-0.4, -0.2) is 60.0 Å². The minimum Gasteiger partial charge on any atom is -0.335 e. The lowest BCUT2D eigenvalue weighted by atomic mass is 10.1. The van der Waals surface area contributed by atoms with Crippen LogP contribution in [0.5, 0.6) is 0 Å². The highest BCUT2D eigenvalue weighted by Crippen LogP contribution is 2.22. The zero-order valence-electron chi connectivity index (χ0n) is 17.5. The van der Waals surface area contributed by atoms with Crippen molar-refractivity contribution in [1.29, 1.82) is 0 Å². The summed E-state index contributed by atoms with van der Waals surface area (Å²) in [6.45, 7) is 6.11. The lowest BCUT2D eigenvalue weighted by molar-refractivity contribution is -0.126. The van der Waals surface area contributed by atoms with Gasteiger partial charge in [-0.25, -0.2) is 5.01 Å². The Morgan fingerprint density at radius 1 is 0.967 bits per heavy atom. The second-order valence-electron chi connectivity index (χ2n) is 7.96. The van der Waals surface area contributed by atoms with Crippen molar-refractivity contribution in [3.63, 3.8) is 0 Å². The lowest BCUT2D eigenvalue weighted by Gasteiger charge is -2.35. The van der Waals surface area contributed by atoms with Crippen molar-refractivity contribution in [2.24, 2.45) is 5.10 Å². The van der Waals surface area contributed by atoms with Crippen molar-refractivity contribution in [3.05, 3.63) is 65.7 Å². The molecule has 0 bridgehead atoms. The molecule has 2 aliphatic rings. The largest absolute Gasteiger partial charge is 0.335 e. The number of nitrogens with zero attached hydrogens (tertiary/aromatic N) is 4. The smallest absolute Gasteiger partial charge is 0.270 e. The van der Waals surface area contributed by atoms with E-state index in [2.05, 4.69) is 34.3 Å². The maximum Gasteiger partial charge on any atom is 0.270 e. The predicted octanol–water partition coefficient (Wildman–Crippen LogP) is 2.86. The van der Waals surface area contributed by atoms with Gasteiger partial charge >= 0.3 is 0 Å². The zero-order valence-corrected chi connectivity index (χ0v) is 17.5. The molecule has 2 amide bonds. The van der Waals surface area contributed by atoms with Crippen molar-refractivity contribution in [3.8, 4) is 0 Å². The van der Waals surface area contributed by atoms with Crippen molar-refractivity contribution in [1.82, 2.24) is 9.80 Å². The van der Waals surface area contributed by atoms with Crippen LogP contribution in [0.15, 0.2) is 59.7 Å². The van der Waals surface area contributed by atoms with E-state index in [9.17, 15) is 9.59 Å². The first-order valence-electron chi connectivity index (χ1n) is 10.6. The normalized spacial score (nSPS) is 17.8. The van der Waals surface area contributed by atoms with E-state index in [1.807, 2.05) is 42.2 Å². The summed E-state index contributed by atoms with van der Waals surface area (Å²) in [5, 5.41) is 5.83. The third-order valence-corrected chi connectivity index (χ3v) is 5.74. The Balaban J connectivity index is 1.35. The summed E-state index contributed by atoms with van der Waals surface area (Å²) < 4.78 is 0. The maximum atomic E-state index is 13.0. The van der Waals surface area contributed by atoms with Gasteiger partial charge in [0.1, 0.15) is 5.71 Å². The minimum atomic E-state index is -0.0668. The molecule has 2 aromatic carbocycles. The van der Waals surface area contributed by atoms with Gasteiger partial charge in [0.2, 0.25) is 5.91 Å². The van der Waals surface area contributed by atoms with Gasteiger partial charge in [0.25, 0.3) is 5.91 Å². The summed E-state index contributed by atoms with van der Waals surface area (Å²) in [4.78, 5) is 29.7. The summed E-state index contributed by atoms with van der Waals surface area (Å²) in [5.74, 6) is -0.106. The van der Waals surface area contributed by atoms with Gasteiger partial charge in [-0.2, -0.15) is 5.10 Å². The van der Waals surface area contributed by atoms with Crippen LogP contribution in [0, 0.1) is 6.92 Å². The number of anilines is 1. The Bertz CT molecular complexity index is 933. The van der Waals surface area contributed by atoms with Crippen LogP contribution >= 0.6 is 0 Å². The molecular weight excluding hydrogens is 376 g/mol. The van der Waals surface area contributed by atoms with Crippen molar-refractivity contribution < 1.29 is 9.59 Å². The standard InChI is InChI=1S/C24H28N4O2/c1-19-6-5-9-21(18-19)28-23(29)11-10-22(25-28)24(30)27-16-14-26(15-17-27)13-12-20-7-3-2-4-8-20/h2-9,18H,10-17H2,1H3. The van der Waals surface area contributed by atoms with Crippen LogP contribution < -0.4 is 5.01 Å². The number of piperazine rings is 1. The van der Waals surface area contributed by atoms with Gasteiger partial charge < -0.3 is 4.90 Å².